The number of aliphatic imine (C=N–C) groups is 1. The van der Waals surface area contributed by atoms with Crippen molar-refractivity contribution in [1.82, 2.24) is 10.2 Å². The zero-order valence-corrected chi connectivity index (χ0v) is 11.1. The zero-order chi connectivity index (χ0) is 14.5. The lowest BCUT2D eigenvalue weighted by atomic mass is 10.1. The molecule has 1 aliphatic heterocycles. The lowest BCUT2D eigenvalue weighted by Crippen LogP contribution is -2.46. The molecular weight excluding hydrogens is 263 g/mol. The number of aliphatic hydroxyl groups excluding tert-OH is 1. The number of rotatable bonds is 4. The van der Waals surface area contributed by atoms with Crippen LogP contribution in [0.2, 0.25) is 0 Å². The van der Waals surface area contributed by atoms with Gasteiger partial charge < -0.3 is 20.1 Å². The van der Waals surface area contributed by atoms with Crippen molar-refractivity contribution >= 4 is 5.96 Å². The first-order chi connectivity index (χ1) is 8.88. The van der Waals surface area contributed by atoms with Crippen LogP contribution in [-0.4, -0.2) is 68.6 Å². The van der Waals surface area contributed by atoms with E-state index in [1.165, 1.54) is 7.05 Å². The summed E-state index contributed by atoms with van der Waals surface area (Å²) in [6.45, 7) is 1.44. The number of aliphatic hydroxyl groups is 1. The lowest BCUT2D eigenvalue weighted by molar-refractivity contribution is -0.201. The van der Waals surface area contributed by atoms with Gasteiger partial charge in [-0.1, -0.05) is 0 Å². The molecule has 0 aromatic carbocycles. The van der Waals surface area contributed by atoms with Crippen LogP contribution in [0, 0.1) is 5.92 Å². The molecule has 1 fully saturated rings. The maximum Gasteiger partial charge on any atom is 0.416 e. The molecule has 0 spiro atoms. The molecule has 2 N–H and O–H groups in total. The van der Waals surface area contributed by atoms with Gasteiger partial charge in [-0.3, -0.25) is 4.99 Å². The highest BCUT2D eigenvalue weighted by atomic mass is 19.4. The van der Waals surface area contributed by atoms with Crippen LogP contribution in [-0.2, 0) is 4.74 Å². The Morgan fingerprint density at radius 2 is 2.26 bits per heavy atom. The van der Waals surface area contributed by atoms with Crippen molar-refractivity contribution in [3.05, 3.63) is 0 Å². The molecule has 1 heterocycles. The van der Waals surface area contributed by atoms with Crippen LogP contribution in [0.25, 0.3) is 0 Å². The minimum Gasteiger partial charge on any atom is -0.384 e. The van der Waals surface area contributed by atoms with Gasteiger partial charge in [0.1, 0.15) is 0 Å². The van der Waals surface area contributed by atoms with Gasteiger partial charge in [-0.2, -0.15) is 13.2 Å². The van der Waals surface area contributed by atoms with E-state index >= 15 is 0 Å². The summed E-state index contributed by atoms with van der Waals surface area (Å²) in [5.74, 6) is 0.734. The summed E-state index contributed by atoms with van der Waals surface area (Å²) in [4.78, 5) is 5.80. The minimum atomic E-state index is -4.62. The zero-order valence-electron chi connectivity index (χ0n) is 11.1. The first-order valence-electron chi connectivity index (χ1n) is 6.07. The Balaban J connectivity index is 2.43. The summed E-state index contributed by atoms with van der Waals surface area (Å²) >= 11 is 0. The van der Waals surface area contributed by atoms with Gasteiger partial charge in [0.2, 0.25) is 0 Å². The third-order valence-corrected chi connectivity index (χ3v) is 3.03. The van der Waals surface area contributed by atoms with Gasteiger partial charge in [0.15, 0.2) is 12.1 Å². The molecule has 5 nitrogen and oxygen atoms in total. The number of hydrogen-bond donors (Lipinski definition) is 2. The second-order valence-electron chi connectivity index (χ2n) is 4.54. The monoisotopic (exact) mass is 283 g/mol. The number of nitrogens with zero attached hydrogens (tertiary/aromatic N) is 2. The quantitative estimate of drug-likeness (QED) is 0.581. The highest BCUT2D eigenvalue weighted by Gasteiger charge is 2.38. The molecular formula is C11H20F3N3O2. The van der Waals surface area contributed by atoms with Crippen molar-refractivity contribution in [1.29, 1.82) is 0 Å². The number of likely N-dealkylation sites (tertiary alicyclic amines) is 1. The molecule has 0 bridgehead atoms. The molecule has 8 heteroatoms. The Morgan fingerprint density at radius 3 is 2.79 bits per heavy atom. The third kappa shape index (κ3) is 4.87. The Kier molecular flexibility index (Phi) is 5.86. The molecule has 1 aliphatic rings. The Morgan fingerprint density at radius 1 is 1.58 bits per heavy atom. The van der Waals surface area contributed by atoms with E-state index in [4.69, 9.17) is 9.84 Å². The molecule has 2 atom stereocenters. The normalized spacial score (nSPS) is 22.7. The Labute approximate surface area is 110 Å². The standard InChI is InChI=1S/C11H20F3N3O2/c1-15-10(16-5-9(18)11(12,13)14)17-4-3-8(6-17)7-19-2/h8-9,18H,3-7H2,1-2H3,(H,15,16). The molecule has 0 amide bonds. The number of nitrogens with one attached hydrogen (secondary N) is 1. The summed E-state index contributed by atoms with van der Waals surface area (Å²) in [5, 5.41) is 11.5. The maximum absolute atomic E-state index is 12.2. The SMILES string of the molecule is CN=C(NCC(O)C(F)(F)F)N1CCC(COC)C1. The Bertz CT molecular complexity index is 310. The van der Waals surface area contributed by atoms with Crippen molar-refractivity contribution in [3.63, 3.8) is 0 Å². The van der Waals surface area contributed by atoms with E-state index in [1.54, 1.807) is 7.11 Å². The van der Waals surface area contributed by atoms with Crippen molar-refractivity contribution < 1.29 is 23.0 Å². The van der Waals surface area contributed by atoms with Crippen LogP contribution in [0.15, 0.2) is 4.99 Å². The van der Waals surface area contributed by atoms with Gasteiger partial charge in [-0.15, -0.1) is 0 Å². The van der Waals surface area contributed by atoms with Gasteiger partial charge in [0, 0.05) is 33.2 Å². The van der Waals surface area contributed by atoms with Gasteiger partial charge >= 0.3 is 6.18 Å². The van der Waals surface area contributed by atoms with E-state index in [-0.39, 0.29) is 0 Å². The number of ether oxygens (including phenoxy) is 1. The van der Waals surface area contributed by atoms with E-state index in [0.29, 0.717) is 25.0 Å². The Hall–Kier alpha value is -1.02. The van der Waals surface area contributed by atoms with Crippen molar-refractivity contribution in [2.45, 2.75) is 18.7 Å². The average Bonchev–Trinajstić information content (AvgIpc) is 2.77. The summed E-state index contributed by atoms with van der Waals surface area (Å²) in [7, 11) is 3.13. The van der Waals surface area contributed by atoms with Crippen LogP contribution in [0.1, 0.15) is 6.42 Å². The summed E-state index contributed by atoms with van der Waals surface area (Å²) in [5.41, 5.74) is 0. The third-order valence-electron chi connectivity index (χ3n) is 3.03. The highest BCUT2D eigenvalue weighted by molar-refractivity contribution is 5.80. The van der Waals surface area contributed by atoms with E-state index in [2.05, 4.69) is 10.3 Å². The van der Waals surface area contributed by atoms with Gasteiger partial charge in [-0.25, -0.2) is 0 Å². The van der Waals surface area contributed by atoms with Gasteiger partial charge in [0.05, 0.1) is 13.2 Å². The number of hydrogen-bond acceptors (Lipinski definition) is 3. The fourth-order valence-electron chi connectivity index (χ4n) is 2.03. The molecule has 2 unspecified atom stereocenters. The largest absolute Gasteiger partial charge is 0.416 e. The van der Waals surface area contributed by atoms with Crippen LogP contribution in [0.4, 0.5) is 13.2 Å². The molecule has 0 saturated carbocycles. The van der Waals surface area contributed by atoms with Crippen molar-refractivity contribution in [2.75, 3.05) is 40.4 Å². The van der Waals surface area contributed by atoms with E-state index < -0.39 is 18.8 Å². The molecule has 0 aromatic heterocycles. The van der Waals surface area contributed by atoms with Crippen molar-refractivity contribution in [2.24, 2.45) is 10.9 Å². The molecule has 0 aromatic rings. The van der Waals surface area contributed by atoms with E-state index in [9.17, 15) is 13.2 Å². The van der Waals surface area contributed by atoms with Crippen LogP contribution in [0.3, 0.4) is 0 Å². The molecule has 0 radical (unpaired) electrons. The predicted molar refractivity (Wildman–Crippen MR) is 65.0 cm³/mol. The number of methoxy groups -OCH3 is 1. The van der Waals surface area contributed by atoms with Crippen molar-refractivity contribution in [3.8, 4) is 0 Å². The lowest BCUT2D eigenvalue weighted by Gasteiger charge is -2.23. The van der Waals surface area contributed by atoms with Gasteiger partial charge in [0.25, 0.3) is 0 Å². The second-order valence-corrected chi connectivity index (χ2v) is 4.54. The predicted octanol–water partition coefficient (Wildman–Crippen LogP) is 0.453. The topological polar surface area (TPSA) is 57.1 Å². The van der Waals surface area contributed by atoms with Gasteiger partial charge in [-0.05, 0) is 6.42 Å². The molecule has 112 valence electrons. The minimum absolute atomic E-state index is 0.357. The maximum atomic E-state index is 12.2. The molecule has 1 saturated heterocycles. The number of guanidine groups is 1. The number of halogens is 3. The summed E-state index contributed by atoms with van der Waals surface area (Å²) < 4.78 is 41.6. The van der Waals surface area contributed by atoms with Crippen LogP contribution < -0.4 is 5.32 Å². The fourth-order valence-corrected chi connectivity index (χ4v) is 2.03. The second kappa shape index (κ2) is 6.95. The summed E-state index contributed by atoms with van der Waals surface area (Å²) in [6, 6.07) is 0. The molecule has 0 aliphatic carbocycles. The van der Waals surface area contributed by atoms with E-state index in [1.807, 2.05) is 4.90 Å². The first kappa shape index (κ1) is 16.0. The molecule has 19 heavy (non-hydrogen) atoms. The van der Waals surface area contributed by atoms with Crippen LogP contribution in [0.5, 0.6) is 0 Å². The number of alkyl halides is 3. The molecule has 1 rings (SSSR count). The first-order valence-corrected chi connectivity index (χ1v) is 6.07. The van der Waals surface area contributed by atoms with Crippen LogP contribution >= 0.6 is 0 Å². The average molecular weight is 283 g/mol. The summed E-state index contributed by atoms with van der Waals surface area (Å²) in [6.07, 6.45) is -6.09. The van der Waals surface area contributed by atoms with E-state index in [0.717, 1.165) is 13.0 Å². The fraction of sp³-hybridized carbons (Fsp3) is 0.909. The smallest absolute Gasteiger partial charge is 0.384 e. The highest BCUT2D eigenvalue weighted by Crippen LogP contribution is 2.20.